The number of hydrogen-bond donors (Lipinski definition) is 0. The summed E-state index contributed by atoms with van der Waals surface area (Å²) in [6.07, 6.45) is 0. The Labute approximate surface area is 332 Å². The zero-order valence-corrected chi connectivity index (χ0v) is 31.2. The summed E-state index contributed by atoms with van der Waals surface area (Å²) >= 11 is 0. The molecule has 4 heteroatoms. The minimum atomic E-state index is 0.890. The molecule has 4 heterocycles. The highest BCUT2D eigenvalue weighted by atomic mass is 16.3. The monoisotopic (exact) mass is 740 g/mol. The van der Waals surface area contributed by atoms with Gasteiger partial charge in [-0.1, -0.05) is 121 Å². The van der Waals surface area contributed by atoms with Crippen LogP contribution in [0.15, 0.2) is 203 Å². The average molecular weight is 741 g/mol. The van der Waals surface area contributed by atoms with Crippen molar-refractivity contribution < 1.29 is 8.83 Å². The second-order valence-corrected chi connectivity index (χ2v) is 15.2. The Bertz CT molecular complexity index is 3800. The van der Waals surface area contributed by atoms with Gasteiger partial charge in [-0.2, -0.15) is 0 Å². The summed E-state index contributed by atoms with van der Waals surface area (Å²) in [5.41, 5.74) is 15.2. The van der Waals surface area contributed by atoms with E-state index in [2.05, 4.69) is 179 Å². The van der Waals surface area contributed by atoms with E-state index in [1.165, 1.54) is 43.8 Å². The molecule has 58 heavy (non-hydrogen) atoms. The van der Waals surface area contributed by atoms with Gasteiger partial charge in [0.1, 0.15) is 22.3 Å². The lowest BCUT2D eigenvalue weighted by Gasteiger charge is -2.15. The third-order valence-electron chi connectivity index (χ3n) is 12.1. The Kier molecular flexibility index (Phi) is 6.41. The molecule has 0 saturated heterocycles. The lowest BCUT2D eigenvalue weighted by atomic mass is 9.90. The first kappa shape index (κ1) is 31.4. The zero-order chi connectivity index (χ0) is 37.9. The van der Waals surface area contributed by atoms with Crippen LogP contribution in [-0.4, -0.2) is 9.13 Å². The summed E-state index contributed by atoms with van der Waals surface area (Å²) in [5, 5.41) is 9.34. The van der Waals surface area contributed by atoms with Crippen molar-refractivity contribution in [1.29, 1.82) is 0 Å². The Hall–Kier alpha value is -7.82. The quantitative estimate of drug-likeness (QED) is 0.180. The number of aromatic nitrogens is 2. The van der Waals surface area contributed by atoms with Gasteiger partial charge in [0.2, 0.25) is 0 Å². The van der Waals surface area contributed by atoms with Gasteiger partial charge in [-0.15, -0.1) is 0 Å². The SMILES string of the molecule is c1ccc(-c2ccc3c(c2-c2ccc4c5ccccc5n(-c5ccc6oc7ccccc7c6c5)c4c2)c2ccccc2n3-c2ccc3oc4ccccc4c3c2)cc1. The predicted molar refractivity (Wildman–Crippen MR) is 241 cm³/mol. The predicted octanol–water partition coefficient (Wildman–Crippen LogP) is 15.0. The topological polar surface area (TPSA) is 36.1 Å². The van der Waals surface area contributed by atoms with Crippen molar-refractivity contribution >= 4 is 87.5 Å². The lowest BCUT2D eigenvalue weighted by molar-refractivity contribution is 0.668. The van der Waals surface area contributed by atoms with Crippen molar-refractivity contribution in [3.8, 4) is 33.6 Å². The number of rotatable bonds is 4. The van der Waals surface area contributed by atoms with E-state index >= 15 is 0 Å². The molecular weight excluding hydrogens is 709 g/mol. The van der Waals surface area contributed by atoms with Crippen molar-refractivity contribution in [2.75, 3.05) is 0 Å². The summed E-state index contributed by atoms with van der Waals surface area (Å²) < 4.78 is 17.4. The zero-order valence-electron chi connectivity index (χ0n) is 31.2. The van der Waals surface area contributed by atoms with E-state index in [-0.39, 0.29) is 0 Å². The lowest BCUT2D eigenvalue weighted by Crippen LogP contribution is -1.95. The van der Waals surface area contributed by atoms with Crippen LogP contribution in [0.3, 0.4) is 0 Å². The first-order valence-corrected chi connectivity index (χ1v) is 19.8. The molecular formula is C54H32N2O2. The fourth-order valence-corrected chi connectivity index (χ4v) is 9.61. The minimum absolute atomic E-state index is 0.890. The van der Waals surface area contributed by atoms with Crippen LogP contribution in [-0.2, 0) is 0 Å². The maximum atomic E-state index is 6.26. The highest BCUT2D eigenvalue weighted by Crippen LogP contribution is 2.46. The van der Waals surface area contributed by atoms with E-state index in [1.54, 1.807) is 0 Å². The number of fused-ring (bicyclic) bond motifs is 12. The molecule has 0 spiro atoms. The third-order valence-corrected chi connectivity index (χ3v) is 12.1. The molecule has 0 radical (unpaired) electrons. The van der Waals surface area contributed by atoms with E-state index in [9.17, 15) is 0 Å². The van der Waals surface area contributed by atoms with E-state index in [1.807, 2.05) is 24.3 Å². The van der Waals surface area contributed by atoms with Gasteiger partial charge < -0.3 is 18.0 Å². The van der Waals surface area contributed by atoms with Crippen LogP contribution < -0.4 is 0 Å². The molecule has 0 aliphatic heterocycles. The number of hydrogen-bond acceptors (Lipinski definition) is 2. The van der Waals surface area contributed by atoms with E-state index in [4.69, 9.17) is 8.83 Å². The van der Waals surface area contributed by atoms with Crippen molar-refractivity contribution in [2.45, 2.75) is 0 Å². The molecule has 0 bridgehead atoms. The van der Waals surface area contributed by atoms with Crippen LogP contribution in [0.25, 0.3) is 121 Å². The van der Waals surface area contributed by atoms with E-state index in [0.29, 0.717) is 0 Å². The van der Waals surface area contributed by atoms with Crippen LogP contribution >= 0.6 is 0 Å². The molecule has 4 nitrogen and oxygen atoms in total. The maximum Gasteiger partial charge on any atom is 0.135 e. The Morgan fingerprint density at radius 3 is 1.48 bits per heavy atom. The van der Waals surface area contributed by atoms with Gasteiger partial charge in [-0.05, 0) is 95.1 Å². The normalized spacial score (nSPS) is 12.1. The molecule has 0 fully saturated rings. The van der Waals surface area contributed by atoms with Crippen molar-refractivity contribution in [3.05, 3.63) is 194 Å². The Balaban J connectivity index is 1.12. The largest absolute Gasteiger partial charge is 0.456 e. The molecule has 13 rings (SSSR count). The third kappa shape index (κ3) is 4.40. The second kappa shape index (κ2) is 11.8. The molecule has 4 aromatic heterocycles. The summed E-state index contributed by atoms with van der Waals surface area (Å²) in [4.78, 5) is 0. The van der Waals surface area contributed by atoms with Gasteiger partial charge in [0, 0.05) is 54.5 Å². The van der Waals surface area contributed by atoms with E-state index < -0.39 is 0 Å². The molecule has 9 aromatic carbocycles. The van der Waals surface area contributed by atoms with Gasteiger partial charge in [0.15, 0.2) is 0 Å². The molecule has 270 valence electrons. The molecule has 0 saturated carbocycles. The Morgan fingerprint density at radius 2 is 0.810 bits per heavy atom. The van der Waals surface area contributed by atoms with Crippen LogP contribution in [0.5, 0.6) is 0 Å². The van der Waals surface area contributed by atoms with Crippen LogP contribution in [0.2, 0.25) is 0 Å². The number of furan rings is 2. The number of nitrogens with zero attached hydrogens (tertiary/aromatic N) is 2. The highest BCUT2D eigenvalue weighted by molar-refractivity contribution is 6.20. The van der Waals surface area contributed by atoms with Crippen LogP contribution in [0, 0.1) is 0 Å². The fourth-order valence-electron chi connectivity index (χ4n) is 9.61. The summed E-state index contributed by atoms with van der Waals surface area (Å²) in [6.45, 7) is 0. The molecule has 0 aliphatic rings. The van der Waals surface area contributed by atoms with Gasteiger partial charge in [0.25, 0.3) is 0 Å². The molecule has 0 atom stereocenters. The summed E-state index contributed by atoms with van der Waals surface area (Å²) in [6, 6.07) is 69.8. The average Bonchev–Trinajstić information content (AvgIpc) is 4.03. The first-order chi connectivity index (χ1) is 28.8. The molecule has 0 aliphatic carbocycles. The van der Waals surface area contributed by atoms with Gasteiger partial charge in [-0.25, -0.2) is 0 Å². The molecule has 0 unspecified atom stereocenters. The van der Waals surface area contributed by atoms with Crippen molar-refractivity contribution in [2.24, 2.45) is 0 Å². The van der Waals surface area contributed by atoms with Crippen molar-refractivity contribution in [1.82, 2.24) is 9.13 Å². The molecule has 0 N–H and O–H groups in total. The smallest absolute Gasteiger partial charge is 0.135 e. The minimum Gasteiger partial charge on any atom is -0.456 e. The second-order valence-electron chi connectivity index (χ2n) is 15.2. The summed E-state index contributed by atoms with van der Waals surface area (Å²) in [5.74, 6) is 0. The number of para-hydroxylation sites is 4. The summed E-state index contributed by atoms with van der Waals surface area (Å²) in [7, 11) is 0. The van der Waals surface area contributed by atoms with Gasteiger partial charge >= 0.3 is 0 Å². The molecule has 13 aromatic rings. The standard InChI is InChI=1S/C54H32N2O2/c1-2-12-33(13-3-1)37-26-27-47-54(42-17-5-9-19-46(42)55(47)35-23-28-51-43(31-35)40-15-6-10-20-49(40)57-51)53(37)34-22-25-39-38-14-4-8-18-45(38)56(48(39)30-34)36-24-29-52-44(32-36)41-16-7-11-21-50(41)58-52/h1-32H. The van der Waals surface area contributed by atoms with Crippen LogP contribution in [0.1, 0.15) is 0 Å². The van der Waals surface area contributed by atoms with Gasteiger partial charge in [0.05, 0.1) is 22.1 Å². The van der Waals surface area contributed by atoms with E-state index in [0.717, 1.165) is 77.4 Å². The maximum absolute atomic E-state index is 6.26. The van der Waals surface area contributed by atoms with Crippen LogP contribution in [0.4, 0.5) is 0 Å². The first-order valence-electron chi connectivity index (χ1n) is 19.8. The Morgan fingerprint density at radius 1 is 0.293 bits per heavy atom. The van der Waals surface area contributed by atoms with Crippen molar-refractivity contribution in [3.63, 3.8) is 0 Å². The number of benzene rings is 9. The van der Waals surface area contributed by atoms with Gasteiger partial charge in [-0.3, -0.25) is 0 Å². The fraction of sp³-hybridized carbons (Fsp3) is 0. The molecule has 0 amide bonds. The highest BCUT2D eigenvalue weighted by Gasteiger charge is 2.22.